The second-order valence-corrected chi connectivity index (χ2v) is 2.99. The smallest absolute Gasteiger partial charge is 0.258 e. The number of benzene rings is 1. The summed E-state index contributed by atoms with van der Waals surface area (Å²) < 4.78 is 1.77. The Kier molecular flexibility index (Phi) is 1.59. The van der Waals surface area contributed by atoms with Crippen LogP contribution in [0.25, 0.3) is 10.9 Å². The maximum absolute atomic E-state index is 9.57. The standard InChI is InChI=1S/C10H9NO2/c1-11-6-2-3-7-4-5-8(12)10(13)9(7)11/h2-6,13H,1H3/p+1. The predicted molar refractivity (Wildman–Crippen MR) is 48.5 cm³/mol. The molecule has 2 rings (SSSR count). The van der Waals surface area contributed by atoms with Crippen LogP contribution in [0.5, 0.6) is 11.5 Å². The average Bonchev–Trinajstić information content (AvgIpc) is 2.12. The van der Waals surface area contributed by atoms with Crippen molar-refractivity contribution < 1.29 is 14.8 Å². The van der Waals surface area contributed by atoms with Crippen LogP contribution in [0.1, 0.15) is 0 Å². The van der Waals surface area contributed by atoms with Gasteiger partial charge in [-0.15, -0.1) is 0 Å². The van der Waals surface area contributed by atoms with E-state index in [1.54, 1.807) is 10.6 Å². The molecule has 3 nitrogen and oxygen atoms in total. The molecular weight excluding hydrogens is 166 g/mol. The largest absolute Gasteiger partial charge is 0.504 e. The zero-order valence-electron chi connectivity index (χ0n) is 7.23. The van der Waals surface area contributed by atoms with Gasteiger partial charge in [-0.25, -0.2) is 0 Å². The molecule has 0 amide bonds. The van der Waals surface area contributed by atoms with E-state index in [1.165, 1.54) is 6.07 Å². The minimum atomic E-state index is -0.0886. The van der Waals surface area contributed by atoms with Crippen molar-refractivity contribution in [2.24, 2.45) is 7.05 Å². The Morgan fingerprint density at radius 2 is 1.92 bits per heavy atom. The van der Waals surface area contributed by atoms with E-state index in [0.29, 0.717) is 5.52 Å². The van der Waals surface area contributed by atoms with Crippen LogP contribution in [0, 0.1) is 0 Å². The van der Waals surface area contributed by atoms with Crippen LogP contribution in [-0.4, -0.2) is 10.2 Å². The minimum Gasteiger partial charge on any atom is -0.504 e. The molecule has 0 spiro atoms. The van der Waals surface area contributed by atoms with Gasteiger partial charge < -0.3 is 10.2 Å². The fraction of sp³-hybridized carbons (Fsp3) is 0.100. The second-order valence-electron chi connectivity index (χ2n) is 2.99. The molecule has 0 unspecified atom stereocenters. The Morgan fingerprint density at radius 1 is 1.15 bits per heavy atom. The van der Waals surface area contributed by atoms with E-state index < -0.39 is 0 Å². The van der Waals surface area contributed by atoms with Crippen molar-refractivity contribution in [3.63, 3.8) is 0 Å². The summed E-state index contributed by atoms with van der Waals surface area (Å²) in [5.74, 6) is -0.157. The molecule has 0 saturated carbocycles. The number of aryl methyl sites for hydroxylation is 1. The monoisotopic (exact) mass is 176 g/mol. The number of hydrogen-bond acceptors (Lipinski definition) is 2. The van der Waals surface area contributed by atoms with Gasteiger partial charge in [0, 0.05) is 6.07 Å². The highest BCUT2D eigenvalue weighted by molar-refractivity contribution is 5.83. The Balaban J connectivity index is 2.97. The quantitative estimate of drug-likeness (QED) is 0.466. The van der Waals surface area contributed by atoms with Crippen LogP contribution in [0.2, 0.25) is 0 Å². The summed E-state index contributed by atoms with van der Waals surface area (Å²) in [7, 11) is 1.82. The Morgan fingerprint density at radius 3 is 2.69 bits per heavy atom. The van der Waals surface area contributed by atoms with E-state index in [-0.39, 0.29) is 11.5 Å². The predicted octanol–water partition coefficient (Wildman–Crippen LogP) is 1.08. The molecule has 0 saturated heterocycles. The number of phenolic OH excluding ortho intramolecular Hbond substituents is 2. The molecule has 0 aliphatic heterocycles. The molecule has 1 aromatic heterocycles. The summed E-state index contributed by atoms with van der Waals surface area (Å²) in [6.45, 7) is 0. The molecule has 0 atom stereocenters. The van der Waals surface area contributed by atoms with Crippen molar-refractivity contribution >= 4 is 10.9 Å². The number of aromatic hydroxyl groups is 2. The Labute approximate surface area is 75.5 Å². The van der Waals surface area contributed by atoms with Gasteiger partial charge in [0.1, 0.15) is 7.05 Å². The average molecular weight is 176 g/mol. The van der Waals surface area contributed by atoms with Crippen molar-refractivity contribution in [2.75, 3.05) is 0 Å². The molecule has 3 heteroatoms. The number of aromatic nitrogens is 1. The van der Waals surface area contributed by atoms with Gasteiger partial charge >= 0.3 is 0 Å². The van der Waals surface area contributed by atoms with Crippen LogP contribution < -0.4 is 4.57 Å². The van der Waals surface area contributed by atoms with Crippen molar-refractivity contribution in [1.29, 1.82) is 0 Å². The van der Waals surface area contributed by atoms with Gasteiger partial charge in [-0.2, -0.15) is 4.57 Å². The molecule has 0 radical (unpaired) electrons. The number of pyridine rings is 1. The highest BCUT2D eigenvalue weighted by Crippen LogP contribution is 2.30. The lowest BCUT2D eigenvalue weighted by Gasteiger charge is -2.00. The maximum Gasteiger partial charge on any atom is 0.258 e. The molecule has 1 heterocycles. The molecule has 1 aromatic carbocycles. The molecule has 0 aliphatic carbocycles. The van der Waals surface area contributed by atoms with E-state index >= 15 is 0 Å². The minimum absolute atomic E-state index is 0.0689. The van der Waals surface area contributed by atoms with Crippen LogP contribution in [-0.2, 0) is 7.05 Å². The summed E-state index contributed by atoms with van der Waals surface area (Å²) in [6.07, 6.45) is 1.82. The van der Waals surface area contributed by atoms with Gasteiger partial charge in [-0.3, -0.25) is 0 Å². The number of rotatable bonds is 0. The number of nitrogens with zero attached hydrogens (tertiary/aromatic N) is 1. The molecule has 13 heavy (non-hydrogen) atoms. The van der Waals surface area contributed by atoms with Gasteiger partial charge in [-0.05, 0) is 18.2 Å². The van der Waals surface area contributed by atoms with E-state index in [9.17, 15) is 10.2 Å². The maximum atomic E-state index is 9.57. The first kappa shape index (κ1) is 7.86. The first-order valence-electron chi connectivity index (χ1n) is 3.99. The summed E-state index contributed by atoms with van der Waals surface area (Å²) in [4.78, 5) is 0. The van der Waals surface area contributed by atoms with Gasteiger partial charge in [0.05, 0.1) is 5.39 Å². The first-order chi connectivity index (χ1) is 6.20. The van der Waals surface area contributed by atoms with Gasteiger partial charge in [0.2, 0.25) is 5.75 Å². The third-order valence-electron chi connectivity index (χ3n) is 2.10. The lowest BCUT2D eigenvalue weighted by molar-refractivity contribution is -0.645. The van der Waals surface area contributed by atoms with Crippen molar-refractivity contribution in [1.82, 2.24) is 0 Å². The van der Waals surface area contributed by atoms with Crippen LogP contribution >= 0.6 is 0 Å². The zero-order chi connectivity index (χ0) is 9.42. The summed E-state index contributed by atoms with van der Waals surface area (Å²) in [5.41, 5.74) is 0.641. The third-order valence-corrected chi connectivity index (χ3v) is 2.10. The normalized spacial score (nSPS) is 10.5. The Hall–Kier alpha value is -1.77. The number of phenols is 2. The van der Waals surface area contributed by atoms with E-state index in [4.69, 9.17) is 0 Å². The van der Waals surface area contributed by atoms with E-state index in [0.717, 1.165) is 5.39 Å². The highest BCUT2D eigenvalue weighted by atomic mass is 16.3. The summed E-state index contributed by atoms with van der Waals surface area (Å²) >= 11 is 0. The SMILES string of the molecule is C[n+]1cccc2ccc(O)c(O)c21. The van der Waals surface area contributed by atoms with Crippen LogP contribution in [0.15, 0.2) is 30.5 Å². The highest BCUT2D eigenvalue weighted by Gasteiger charge is 2.12. The number of fused-ring (bicyclic) bond motifs is 1. The lowest BCUT2D eigenvalue weighted by Crippen LogP contribution is -2.27. The van der Waals surface area contributed by atoms with Gasteiger partial charge in [0.25, 0.3) is 5.52 Å². The second kappa shape index (κ2) is 2.62. The molecular formula is C10H10NO2+. The van der Waals surface area contributed by atoms with Gasteiger partial charge in [0.15, 0.2) is 11.9 Å². The lowest BCUT2D eigenvalue weighted by atomic mass is 10.2. The molecule has 2 aromatic rings. The van der Waals surface area contributed by atoms with Crippen molar-refractivity contribution in [2.45, 2.75) is 0 Å². The zero-order valence-corrected chi connectivity index (χ0v) is 7.23. The summed E-state index contributed by atoms with van der Waals surface area (Å²) in [6, 6.07) is 7.02. The summed E-state index contributed by atoms with van der Waals surface area (Å²) in [5, 5.41) is 19.7. The third kappa shape index (κ3) is 1.09. The fourth-order valence-corrected chi connectivity index (χ4v) is 1.44. The molecule has 2 N–H and O–H groups in total. The molecule has 0 bridgehead atoms. The van der Waals surface area contributed by atoms with E-state index in [2.05, 4.69) is 0 Å². The van der Waals surface area contributed by atoms with Crippen LogP contribution in [0.3, 0.4) is 0 Å². The van der Waals surface area contributed by atoms with Crippen LogP contribution in [0.4, 0.5) is 0 Å². The fourth-order valence-electron chi connectivity index (χ4n) is 1.44. The van der Waals surface area contributed by atoms with Crippen molar-refractivity contribution in [3.8, 4) is 11.5 Å². The topological polar surface area (TPSA) is 44.3 Å². The molecule has 66 valence electrons. The molecule has 0 fully saturated rings. The first-order valence-corrected chi connectivity index (χ1v) is 3.99. The van der Waals surface area contributed by atoms with Gasteiger partial charge in [-0.1, -0.05) is 0 Å². The molecule has 0 aliphatic rings. The van der Waals surface area contributed by atoms with E-state index in [1.807, 2.05) is 25.4 Å². The van der Waals surface area contributed by atoms with Crippen molar-refractivity contribution in [3.05, 3.63) is 30.5 Å². The Bertz CT molecular complexity index is 466. The number of hydrogen-bond donors (Lipinski definition) is 2.